The molecular formula is C57H42N2S. The quantitative estimate of drug-likeness (QED) is 0.174. The number of allylic oxidation sites excluding steroid dienone is 11. The van der Waals surface area contributed by atoms with Crippen LogP contribution in [-0.2, 0) is 5.41 Å². The van der Waals surface area contributed by atoms with Crippen molar-refractivity contribution in [3.63, 3.8) is 0 Å². The Balaban J connectivity index is 1.04. The Morgan fingerprint density at radius 1 is 0.633 bits per heavy atom. The highest BCUT2D eigenvalue weighted by atomic mass is 32.2. The fourth-order valence-electron chi connectivity index (χ4n) is 10.6. The van der Waals surface area contributed by atoms with E-state index in [1.807, 2.05) is 18.0 Å². The number of rotatable bonds is 5. The molecule has 2 aromatic heterocycles. The molecule has 0 saturated heterocycles. The smallest absolute Gasteiger partial charge is 0.0777 e. The van der Waals surface area contributed by atoms with Crippen LogP contribution in [-0.4, -0.2) is 15.2 Å². The Morgan fingerprint density at radius 2 is 1.42 bits per heavy atom. The fourth-order valence-corrected chi connectivity index (χ4v) is 12.0. The highest BCUT2D eigenvalue weighted by Gasteiger charge is 2.55. The second kappa shape index (κ2) is 14.3. The molecule has 5 aromatic carbocycles. The van der Waals surface area contributed by atoms with Gasteiger partial charge in [-0.25, -0.2) is 4.98 Å². The molecule has 3 unspecified atom stereocenters. The largest absolute Gasteiger partial charge is 0.256 e. The molecule has 60 heavy (non-hydrogen) atoms. The molecule has 1 spiro atoms. The predicted octanol–water partition coefficient (Wildman–Crippen LogP) is 14.2. The lowest BCUT2D eigenvalue weighted by molar-refractivity contribution is 0.450. The third kappa shape index (κ3) is 5.63. The Bertz CT molecular complexity index is 3020. The Labute approximate surface area is 356 Å². The Hall–Kier alpha value is -6.55. The van der Waals surface area contributed by atoms with Crippen LogP contribution in [0.3, 0.4) is 0 Å². The number of aromatic nitrogens is 2. The van der Waals surface area contributed by atoms with Gasteiger partial charge >= 0.3 is 0 Å². The molecule has 3 heterocycles. The lowest BCUT2D eigenvalue weighted by atomic mass is 9.61. The van der Waals surface area contributed by atoms with E-state index in [0.717, 1.165) is 36.3 Å². The molecule has 12 rings (SSSR count). The van der Waals surface area contributed by atoms with Crippen molar-refractivity contribution >= 4 is 39.3 Å². The van der Waals surface area contributed by atoms with E-state index >= 15 is 0 Å². The Kier molecular flexibility index (Phi) is 8.45. The lowest BCUT2D eigenvalue weighted by Crippen LogP contribution is -2.44. The van der Waals surface area contributed by atoms with Gasteiger partial charge < -0.3 is 0 Å². The molecule has 0 radical (unpaired) electrons. The molecule has 3 atom stereocenters. The van der Waals surface area contributed by atoms with Crippen molar-refractivity contribution in [1.82, 2.24) is 9.97 Å². The maximum absolute atomic E-state index is 5.47. The fraction of sp³-hybridized carbons (Fsp3) is 0.123. The summed E-state index contributed by atoms with van der Waals surface area (Å²) >= 11 is 2.02. The van der Waals surface area contributed by atoms with Gasteiger partial charge in [0.25, 0.3) is 0 Å². The molecular weight excluding hydrogens is 745 g/mol. The zero-order valence-corrected chi connectivity index (χ0v) is 34.0. The van der Waals surface area contributed by atoms with E-state index in [1.54, 1.807) is 0 Å². The van der Waals surface area contributed by atoms with Crippen LogP contribution < -0.4 is 0 Å². The normalized spacial score (nSPS) is 20.5. The molecule has 1 aliphatic heterocycles. The number of thioether (sulfide) groups is 1. The topological polar surface area (TPSA) is 25.8 Å². The second-order valence-corrected chi connectivity index (χ2v) is 17.9. The van der Waals surface area contributed by atoms with Crippen LogP contribution in [0.5, 0.6) is 0 Å². The molecule has 0 saturated carbocycles. The van der Waals surface area contributed by atoms with Crippen LogP contribution >= 0.6 is 11.8 Å². The summed E-state index contributed by atoms with van der Waals surface area (Å²) in [6.45, 7) is 0. The highest BCUT2D eigenvalue weighted by Crippen LogP contribution is 2.64. The monoisotopic (exact) mass is 786 g/mol. The van der Waals surface area contributed by atoms with Crippen LogP contribution in [0.25, 0.3) is 49.7 Å². The van der Waals surface area contributed by atoms with Crippen LogP contribution in [0.2, 0.25) is 0 Å². The zero-order chi connectivity index (χ0) is 39.6. The second-order valence-electron chi connectivity index (χ2n) is 16.6. The third-order valence-electron chi connectivity index (χ3n) is 13.4. The summed E-state index contributed by atoms with van der Waals surface area (Å²) in [5.41, 5.74) is 17.1. The van der Waals surface area contributed by atoms with Gasteiger partial charge in [-0.3, -0.25) is 4.98 Å². The van der Waals surface area contributed by atoms with Gasteiger partial charge in [0.15, 0.2) is 0 Å². The molecule has 0 amide bonds. The first-order valence-electron chi connectivity index (χ1n) is 21.3. The number of nitrogens with zero attached hydrogens (tertiary/aromatic N) is 2. The minimum Gasteiger partial charge on any atom is -0.256 e. The molecule has 2 nitrogen and oxygen atoms in total. The average molecular weight is 787 g/mol. The molecule has 286 valence electrons. The number of fused-ring (bicyclic) bond motifs is 10. The van der Waals surface area contributed by atoms with Crippen molar-refractivity contribution in [2.45, 2.75) is 40.7 Å². The summed E-state index contributed by atoms with van der Waals surface area (Å²) in [4.78, 5) is 11.8. The van der Waals surface area contributed by atoms with Crippen molar-refractivity contribution < 1.29 is 0 Å². The van der Waals surface area contributed by atoms with Crippen molar-refractivity contribution in [3.8, 4) is 22.3 Å². The SMILES string of the molecule is C1=CCCC(c2cc(-c3ccccc3)cc(C3=CC4C(C=C3)Sc3ccc(C5C=C(c6nccc7ccccc67)C=CC5)cc3C43c4ccccc4-c4ccccc43)n2)=C1. The van der Waals surface area contributed by atoms with Gasteiger partial charge in [0, 0.05) is 33.6 Å². The summed E-state index contributed by atoms with van der Waals surface area (Å²) in [6, 6.07) is 51.9. The summed E-state index contributed by atoms with van der Waals surface area (Å²) in [7, 11) is 0. The van der Waals surface area contributed by atoms with Crippen molar-refractivity contribution in [1.29, 1.82) is 0 Å². The minimum absolute atomic E-state index is 0.148. The maximum Gasteiger partial charge on any atom is 0.0777 e. The number of hydrogen-bond donors (Lipinski definition) is 0. The van der Waals surface area contributed by atoms with Gasteiger partial charge in [-0.05, 0) is 110 Å². The first-order chi connectivity index (χ1) is 29.7. The van der Waals surface area contributed by atoms with Gasteiger partial charge in [0.05, 0.1) is 22.5 Å². The van der Waals surface area contributed by atoms with Gasteiger partial charge in [-0.2, -0.15) is 0 Å². The van der Waals surface area contributed by atoms with E-state index in [2.05, 4.69) is 194 Å². The highest BCUT2D eigenvalue weighted by molar-refractivity contribution is 8.00. The molecule has 5 aliphatic rings. The van der Waals surface area contributed by atoms with Crippen LogP contribution in [0.4, 0.5) is 0 Å². The molecule has 3 heteroatoms. The van der Waals surface area contributed by atoms with Gasteiger partial charge in [0.2, 0.25) is 0 Å². The van der Waals surface area contributed by atoms with Crippen molar-refractivity contribution in [3.05, 3.63) is 240 Å². The maximum atomic E-state index is 5.47. The summed E-state index contributed by atoms with van der Waals surface area (Å²) < 4.78 is 0. The van der Waals surface area contributed by atoms with Crippen molar-refractivity contribution in [2.75, 3.05) is 0 Å². The first-order valence-corrected chi connectivity index (χ1v) is 22.2. The van der Waals surface area contributed by atoms with Crippen molar-refractivity contribution in [2.24, 2.45) is 5.92 Å². The summed E-state index contributed by atoms with van der Waals surface area (Å²) in [6.07, 6.45) is 26.1. The summed E-state index contributed by atoms with van der Waals surface area (Å²) in [5.74, 6) is 0.377. The van der Waals surface area contributed by atoms with E-state index in [4.69, 9.17) is 9.97 Å². The van der Waals surface area contributed by atoms with Crippen LogP contribution in [0.15, 0.2) is 205 Å². The van der Waals surface area contributed by atoms with E-state index in [1.165, 1.54) is 76.9 Å². The molecule has 4 aliphatic carbocycles. The number of hydrogen-bond acceptors (Lipinski definition) is 3. The molecule has 0 fully saturated rings. The average Bonchev–Trinajstić information content (AvgIpc) is 3.62. The van der Waals surface area contributed by atoms with E-state index in [0.29, 0.717) is 0 Å². The van der Waals surface area contributed by atoms with E-state index in [9.17, 15) is 0 Å². The van der Waals surface area contributed by atoms with Gasteiger partial charge in [-0.15, -0.1) is 11.8 Å². The van der Waals surface area contributed by atoms with E-state index < -0.39 is 5.41 Å². The standard InChI is InChI=1S/C57H42N2S/c1-3-14-37(15-4-1)44-35-52(39-17-5-2-6-18-39)59-53(36-44)42-27-29-55-51(34-42)57(48-24-11-9-22-46(48)47-23-10-12-25-49(47)57)50-33-41(26-28-54(50)60-55)40-19-13-20-43(32-40)56-45-21-8-7-16-38(45)30-31-58-56/h1-5,7-17,20-36,40,51,55H,6,18-19H2. The Morgan fingerprint density at radius 3 is 2.25 bits per heavy atom. The minimum atomic E-state index is -0.394. The molecule has 0 N–H and O–H groups in total. The number of benzene rings is 5. The van der Waals surface area contributed by atoms with Gasteiger partial charge in [-0.1, -0.05) is 170 Å². The van der Waals surface area contributed by atoms with Crippen LogP contribution in [0, 0.1) is 5.92 Å². The van der Waals surface area contributed by atoms with E-state index in [-0.39, 0.29) is 17.1 Å². The first kappa shape index (κ1) is 35.4. The molecule has 7 aromatic rings. The number of pyridine rings is 2. The van der Waals surface area contributed by atoms with Crippen LogP contribution in [0.1, 0.15) is 64.5 Å². The predicted molar refractivity (Wildman–Crippen MR) is 251 cm³/mol. The van der Waals surface area contributed by atoms with Gasteiger partial charge in [0.1, 0.15) is 0 Å². The third-order valence-corrected chi connectivity index (χ3v) is 14.7. The summed E-state index contributed by atoms with van der Waals surface area (Å²) in [5, 5.41) is 2.66. The lowest BCUT2D eigenvalue weighted by Gasteiger charge is -2.48. The zero-order valence-electron chi connectivity index (χ0n) is 33.2. The molecule has 0 bridgehead atoms.